The van der Waals surface area contributed by atoms with Gasteiger partial charge >= 0.3 is 5.97 Å². The molecule has 4 rings (SSSR count). The van der Waals surface area contributed by atoms with Crippen molar-refractivity contribution in [1.29, 1.82) is 0 Å². The summed E-state index contributed by atoms with van der Waals surface area (Å²) < 4.78 is 29.3. The number of carboxylic acid groups (broad SMARTS) is 1. The van der Waals surface area contributed by atoms with Gasteiger partial charge < -0.3 is 10.4 Å². The van der Waals surface area contributed by atoms with Crippen LogP contribution >= 0.6 is 0 Å². The fourth-order valence-corrected chi connectivity index (χ4v) is 6.53. The van der Waals surface area contributed by atoms with Crippen molar-refractivity contribution in [3.8, 4) is 0 Å². The van der Waals surface area contributed by atoms with E-state index in [1.165, 1.54) is 88.2 Å². The Bertz CT molecular complexity index is 1360. The van der Waals surface area contributed by atoms with E-state index in [-0.39, 0.29) is 11.4 Å². The van der Waals surface area contributed by atoms with Gasteiger partial charge in [0.15, 0.2) is 0 Å². The van der Waals surface area contributed by atoms with Gasteiger partial charge in [0.25, 0.3) is 0 Å². The topological polar surface area (TPSA) is 121 Å². The van der Waals surface area contributed by atoms with Crippen LogP contribution in [0.5, 0.6) is 0 Å². The predicted octanol–water partition coefficient (Wildman–Crippen LogP) is 6.41. The molecule has 220 valence electrons. The van der Waals surface area contributed by atoms with E-state index in [4.69, 9.17) is 5.11 Å². The maximum absolute atomic E-state index is 13.2. The largest absolute Gasteiger partial charge is 0.480 e. The Morgan fingerprint density at radius 2 is 1.71 bits per heavy atom. The van der Waals surface area contributed by atoms with Crippen molar-refractivity contribution in [2.45, 2.75) is 93.9 Å². The lowest BCUT2D eigenvalue weighted by molar-refractivity contribution is -0.134. The number of carbonyl (C=O) groups is 1. The Hall–Kier alpha value is -3.30. The van der Waals surface area contributed by atoms with Gasteiger partial charge in [0.2, 0.25) is 10.0 Å². The smallest absolute Gasteiger partial charge is 0.322 e. The molecule has 0 amide bonds. The molecule has 1 aromatic carbocycles. The highest BCUT2D eigenvalue weighted by atomic mass is 32.2. The summed E-state index contributed by atoms with van der Waals surface area (Å²) in [7, 11) is -3.88. The molecule has 0 bridgehead atoms. The van der Waals surface area contributed by atoms with E-state index in [1.54, 1.807) is 24.3 Å². The van der Waals surface area contributed by atoms with Gasteiger partial charge in [-0.15, -0.1) is 0 Å². The van der Waals surface area contributed by atoms with E-state index in [2.05, 4.69) is 51.2 Å². The molecule has 0 radical (unpaired) electrons. The molecule has 1 aliphatic rings. The van der Waals surface area contributed by atoms with E-state index >= 15 is 0 Å². The summed E-state index contributed by atoms with van der Waals surface area (Å²) in [5.74, 6) is -0.640. The van der Waals surface area contributed by atoms with E-state index < -0.39 is 22.0 Å². The average Bonchev–Trinajstić information content (AvgIpc) is 3.77. The van der Waals surface area contributed by atoms with Crippen molar-refractivity contribution in [3.05, 3.63) is 83.8 Å². The third-order valence-electron chi connectivity index (χ3n) is 7.91. The zero-order valence-corrected chi connectivity index (χ0v) is 24.7. The summed E-state index contributed by atoms with van der Waals surface area (Å²) in [6.07, 6.45) is 16.1. The summed E-state index contributed by atoms with van der Waals surface area (Å²) >= 11 is 0. The van der Waals surface area contributed by atoms with Gasteiger partial charge in [-0.3, -0.25) is 9.78 Å². The third-order valence-corrected chi connectivity index (χ3v) is 9.37. The fraction of sp³-hybridized carbons (Fsp3) is 0.469. The molecule has 41 heavy (non-hydrogen) atoms. The molecule has 0 saturated heterocycles. The number of unbranched alkanes of at least 4 members (excludes halogenated alkanes) is 6. The molecule has 1 saturated carbocycles. The number of aliphatic carboxylic acids is 1. The van der Waals surface area contributed by atoms with Crippen LogP contribution in [0.4, 0.5) is 5.82 Å². The van der Waals surface area contributed by atoms with Gasteiger partial charge in [-0.05, 0) is 66.5 Å². The average molecular weight is 579 g/mol. The van der Waals surface area contributed by atoms with E-state index in [0.717, 1.165) is 5.56 Å². The first-order valence-corrected chi connectivity index (χ1v) is 16.2. The van der Waals surface area contributed by atoms with E-state index in [1.807, 2.05) is 0 Å². The molecule has 2 heterocycles. The summed E-state index contributed by atoms with van der Waals surface area (Å²) in [6, 6.07) is 16.2. The standard InChI is InChI=1S/C32H42N4O4S/c1-2-3-4-5-6-7-8-18-32(19-20-32)26-16-14-25(15-17-26)22-29(36-41(39,40)27-11-10-21-33-23-27)28-12-9-13-30(35-28)34-24-31(37)38/h9-17,21,23,29,36H,2-8,18-20,22,24H2,1H3,(H,34,35)(H,37,38). The highest BCUT2D eigenvalue weighted by molar-refractivity contribution is 7.89. The number of hydrogen-bond acceptors (Lipinski definition) is 6. The highest BCUT2D eigenvalue weighted by Crippen LogP contribution is 2.52. The number of pyridine rings is 2. The maximum Gasteiger partial charge on any atom is 0.322 e. The lowest BCUT2D eigenvalue weighted by Gasteiger charge is -2.20. The summed E-state index contributed by atoms with van der Waals surface area (Å²) in [6.45, 7) is 1.96. The van der Waals surface area contributed by atoms with Crippen molar-refractivity contribution in [3.63, 3.8) is 0 Å². The molecule has 1 unspecified atom stereocenters. The Morgan fingerprint density at radius 3 is 2.37 bits per heavy atom. The van der Waals surface area contributed by atoms with Crippen LogP contribution in [-0.4, -0.2) is 36.0 Å². The maximum atomic E-state index is 13.2. The first-order valence-electron chi connectivity index (χ1n) is 14.8. The molecule has 3 aromatic rings. The van der Waals surface area contributed by atoms with E-state index in [0.29, 0.717) is 23.3 Å². The van der Waals surface area contributed by atoms with Crippen LogP contribution in [0.25, 0.3) is 0 Å². The molecule has 1 atom stereocenters. The zero-order chi connectivity index (χ0) is 29.1. The number of benzene rings is 1. The lowest BCUT2D eigenvalue weighted by Crippen LogP contribution is -2.31. The van der Waals surface area contributed by atoms with Gasteiger partial charge in [0, 0.05) is 12.4 Å². The van der Waals surface area contributed by atoms with Crippen LogP contribution in [0.3, 0.4) is 0 Å². The van der Waals surface area contributed by atoms with Crippen LogP contribution in [0.15, 0.2) is 71.9 Å². The number of rotatable bonds is 18. The Morgan fingerprint density at radius 1 is 0.976 bits per heavy atom. The van der Waals surface area contributed by atoms with Crippen molar-refractivity contribution in [2.75, 3.05) is 11.9 Å². The zero-order valence-electron chi connectivity index (χ0n) is 23.9. The molecule has 3 N–H and O–H groups in total. The minimum atomic E-state index is -3.88. The monoisotopic (exact) mass is 578 g/mol. The van der Waals surface area contributed by atoms with Gasteiger partial charge in [-0.25, -0.2) is 18.1 Å². The molecule has 1 fully saturated rings. The third kappa shape index (κ3) is 9.10. The molecular weight excluding hydrogens is 536 g/mol. The molecule has 8 nitrogen and oxygen atoms in total. The van der Waals surface area contributed by atoms with E-state index in [9.17, 15) is 13.2 Å². The van der Waals surface area contributed by atoms with Gasteiger partial charge in [0.1, 0.15) is 17.3 Å². The number of carboxylic acids is 1. The fourth-order valence-electron chi connectivity index (χ4n) is 5.36. The Labute approximate surface area is 244 Å². The van der Waals surface area contributed by atoms with Gasteiger partial charge in [-0.2, -0.15) is 0 Å². The minimum absolute atomic E-state index is 0.0709. The second kappa shape index (κ2) is 14.5. The number of hydrogen-bond donors (Lipinski definition) is 3. The highest BCUT2D eigenvalue weighted by Gasteiger charge is 2.43. The van der Waals surface area contributed by atoms with Crippen molar-refractivity contribution in [1.82, 2.24) is 14.7 Å². The molecule has 1 aliphatic carbocycles. The van der Waals surface area contributed by atoms with Gasteiger partial charge in [0.05, 0.1) is 11.7 Å². The summed E-state index contributed by atoms with van der Waals surface area (Å²) in [4.78, 5) is 19.6. The van der Waals surface area contributed by atoms with Crippen LogP contribution < -0.4 is 10.0 Å². The summed E-state index contributed by atoms with van der Waals surface area (Å²) in [5, 5.41) is 11.8. The SMILES string of the molecule is CCCCCCCCCC1(c2ccc(CC(NS(=O)(=O)c3cccnc3)c3cccc(NCC(=O)O)n3)cc2)CC1. The number of nitrogens with zero attached hydrogens (tertiary/aromatic N) is 2. The minimum Gasteiger partial charge on any atom is -0.480 e. The molecule has 0 aliphatic heterocycles. The second-order valence-electron chi connectivity index (χ2n) is 11.1. The van der Waals surface area contributed by atoms with Gasteiger partial charge in [-0.1, -0.05) is 82.2 Å². The number of sulfonamides is 1. The van der Waals surface area contributed by atoms with Crippen molar-refractivity contribution < 1.29 is 18.3 Å². The van der Waals surface area contributed by atoms with Crippen molar-refractivity contribution >= 4 is 21.8 Å². The normalized spacial score (nSPS) is 14.9. The van der Waals surface area contributed by atoms with Crippen LogP contribution in [0, 0.1) is 0 Å². The summed E-state index contributed by atoms with van der Waals surface area (Å²) in [5.41, 5.74) is 3.16. The van der Waals surface area contributed by atoms with Crippen LogP contribution in [0.2, 0.25) is 0 Å². The number of nitrogens with one attached hydrogen (secondary N) is 2. The molecular formula is C32H42N4O4S. The quantitative estimate of drug-likeness (QED) is 0.149. The first kappa shape index (κ1) is 30.7. The molecule has 2 aromatic heterocycles. The van der Waals surface area contributed by atoms with Crippen LogP contribution in [-0.2, 0) is 26.7 Å². The predicted molar refractivity (Wildman–Crippen MR) is 161 cm³/mol. The second-order valence-corrected chi connectivity index (χ2v) is 12.8. The van der Waals surface area contributed by atoms with Crippen molar-refractivity contribution in [2.24, 2.45) is 0 Å². The molecule has 0 spiro atoms. The lowest BCUT2D eigenvalue weighted by atomic mass is 9.88. The number of aromatic nitrogens is 2. The number of anilines is 1. The Balaban J connectivity index is 1.46. The van der Waals surface area contributed by atoms with Crippen LogP contribution in [0.1, 0.15) is 94.0 Å². The Kier molecular flexibility index (Phi) is 10.9. The molecule has 9 heteroatoms. The first-order chi connectivity index (χ1) is 19.8.